The van der Waals surface area contributed by atoms with Gasteiger partial charge in [0.25, 0.3) is 0 Å². The molecule has 1 aliphatic rings. The van der Waals surface area contributed by atoms with Crippen LogP contribution in [-0.2, 0) is 9.47 Å². The molecule has 0 aromatic rings. The van der Waals surface area contributed by atoms with Crippen LogP contribution in [0.1, 0.15) is 0 Å². The predicted octanol–water partition coefficient (Wildman–Crippen LogP) is 4.20. The first-order valence-corrected chi connectivity index (χ1v) is 5.86. The zero-order valence-corrected chi connectivity index (χ0v) is 11.5. The Morgan fingerprint density at radius 1 is 0.769 bits per heavy atom. The Morgan fingerprint density at radius 2 is 1.15 bits per heavy atom. The van der Waals surface area contributed by atoms with Crippen LogP contribution in [0.25, 0.3) is 0 Å². The van der Waals surface area contributed by atoms with Crippen molar-refractivity contribution in [1.29, 1.82) is 0 Å². The minimum absolute atomic E-state index is 1.91. The highest BCUT2D eigenvalue weighted by Gasteiger charge is 2.86. The van der Waals surface area contributed by atoms with Crippen molar-refractivity contribution in [3.63, 3.8) is 0 Å². The molecule has 17 heteroatoms. The van der Waals surface area contributed by atoms with Gasteiger partial charge in [-0.2, -0.15) is 52.7 Å². The Bertz CT molecular complexity index is 495. The highest BCUT2D eigenvalue weighted by molar-refractivity contribution is 4.97. The molecule has 0 bridgehead atoms. The van der Waals surface area contributed by atoms with Crippen LogP contribution in [0.5, 0.6) is 0 Å². The van der Waals surface area contributed by atoms with Gasteiger partial charge in [-0.1, -0.05) is 0 Å². The zero-order chi connectivity index (χ0) is 21.0. The largest absolute Gasteiger partial charge is 0.439 e. The molecule has 1 heterocycles. The summed E-state index contributed by atoms with van der Waals surface area (Å²) in [6, 6.07) is -19.7. The maximum atomic E-state index is 13.4. The molecule has 0 atom stereocenters. The molecule has 0 unspecified atom stereocenters. The Labute approximate surface area is 133 Å². The molecule has 0 amide bonds. The minimum atomic E-state index is -6.78. The highest BCUT2D eigenvalue weighted by atomic mass is 19.4. The molecule has 0 aromatic carbocycles. The second kappa shape index (κ2) is 6.22. The lowest BCUT2D eigenvalue weighted by molar-refractivity contribution is -0.586. The fourth-order valence-electron chi connectivity index (χ4n) is 1.57. The van der Waals surface area contributed by atoms with E-state index in [9.17, 15) is 61.5 Å². The molecule has 0 N–H and O–H groups in total. The van der Waals surface area contributed by atoms with E-state index in [2.05, 4.69) is 4.74 Å². The van der Waals surface area contributed by atoms with Crippen molar-refractivity contribution in [2.24, 2.45) is 0 Å². The number of nitrogens with zero attached hydrogens (tertiary/aromatic N) is 1. The van der Waals surface area contributed by atoms with Gasteiger partial charge in [0.05, 0.1) is 0 Å². The SMILES string of the molecule is FC(F)C(F)(F)COCC(F)(F)N1C(F)(F)C(F)(F)OC(F)(F)C1(F)F. The van der Waals surface area contributed by atoms with Crippen LogP contribution in [0.4, 0.5) is 61.5 Å². The van der Waals surface area contributed by atoms with E-state index in [0.29, 0.717) is 0 Å². The normalized spacial score (nSPS) is 25.5. The molecule has 0 spiro atoms. The number of hydrogen-bond acceptors (Lipinski definition) is 3. The first kappa shape index (κ1) is 22.9. The van der Waals surface area contributed by atoms with Gasteiger partial charge >= 0.3 is 42.7 Å². The Kier molecular flexibility index (Phi) is 5.49. The molecule has 1 fully saturated rings. The van der Waals surface area contributed by atoms with Gasteiger partial charge in [0.2, 0.25) is 0 Å². The fourth-order valence-corrected chi connectivity index (χ4v) is 1.57. The number of rotatable bonds is 6. The van der Waals surface area contributed by atoms with Gasteiger partial charge in [0.15, 0.2) is 0 Å². The third-order valence-corrected chi connectivity index (χ3v) is 2.73. The zero-order valence-electron chi connectivity index (χ0n) is 11.5. The minimum Gasteiger partial charge on any atom is -0.367 e. The number of ether oxygens (including phenoxy) is 2. The van der Waals surface area contributed by atoms with E-state index >= 15 is 0 Å². The van der Waals surface area contributed by atoms with Gasteiger partial charge in [-0.05, 0) is 0 Å². The van der Waals surface area contributed by atoms with Crippen molar-refractivity contribution < 1.29 is 70.9 Å². The average Bonchev–Trinajstić information content (AvgIpc) is 2.33. The highest BCUT2D eigenvalue weighted by Crippen LogP contribution is 2.58. The van der Waals surface area contributed by atoms with Gasteiger partial charge in [-0.3, -0.25) is 0 Å². The third-order valence-electron chi connectivity index (χ3n) is 2.73. The van der Waals surface area contributed by atoms with Crippen molar-refractivity contribution >= 4 is 0 Å². The van der Waals surface area contributed by atoms with Crippen LogP contribution >= 0.6 is 0 Å². The summed E-state index contributed by atoms with van der Waals surface area (Å²) in [7, 11) is 0. The Morgan fingerprint density at radius 3 is 1.50 bits per heavy atom. The first-order valence-electron chi connectivity index (χ1n) is 5.86. The van der Waals surface area contributed by atoms with Crippen LogP contribution in [0.3, 0.4) is 0 Å². The lowest BCUT2D eigenvalue weighted by Gasteiger charge is -2.49. The summed E-state index contributed by atoms with van der Waals surface area (Å²) < 4.78 is 184. The van der Waals surface area contributed by atoms with E-state index in [1.807, 2.05) is 4.74 Å². The first-order chi connectivity index (χ1) is 11.2. The average molecular weight is 425 g/mol. The summed E-state index contributed by atoms with van der Waals surface area (Å²) in [5, 5.41) is 0. The van der Waals surface area contributed by atoms with Gasteiger partial charge in [0.1, 0.15) is 13.2 Å². The summed E-state index contributed by atoms with van der Waals surface area (Å²) in [4.78, 5) is -3.28. The summed E-state index contributed by atoms with van der Waals surface area (Å²) >= 11 is 0. The number of hydrogen-bond donors (Lipinski definition) is 0. The molecular weight excluding hydrogens is 420 g/mol. The van der Waals surface area contributed by atoms with Crippen molar-refractivity contribution in [1.82, 2.24) is 4.90 Å². The Balaban J connectivity index is 3.17. The van der Waals surface area contributed by atoms with Gasteiger partial charge in [0, 0.05) is 0 Å². The van der Waals surface area contributed by atoms with Crippen LogP contribution in [0.2, 0.25) is 0 Å². The molecule has 0 aromatic heterocycles. The monoisotopic (exact) mass is 425 g/mol. The molecule has 0 saturated carbocycles. The molecule has 26 heavy (non-hydrogen) atoms. The van der Waals surface area contributed by atoms with Gasteiger partial charge in [-0.15, -0.1) is 4.90 Å². The van der Waals surface area contributed by atoms with Crippen LogP contribution in [0.15, 0.2) is 0 Å². The lowest BCUT2D eigenvalue weighted by Crippen LogP contribution is -2.78. The topological polar surface area (TPSA) is 21.7 Å². The lowest BCUT2D eigenvalue weighted by atomic mass is 10.2. The maximum absolute atomic E-state index is 13.4. The Hall–Kier alpha value is -1.10. The second-order valence-electron chi connectivity index (χ2n) is 4.77. The summed E-state index contributed by atoms with van der Waals surface area (Å²) in [6.07, 6.45) is -17.7. The van der Waals surface area contributed by atoms with Gasteiger partial charge < -0.3 is 4.74 Å². The van der Waals surface area contributed by atoms with Crippen molar-refractivity contribution in [2.75, 3.05) is 13.2 Å². The summed E-state index contributed by atoms with van der Waals surface area (Å²) in [5.74, 6) is -5.15. The van der Waals surface area contributed by atoms with E-state index < -0.39 is 60.8 Å². The molecule has 1 aliphatic heterocycles. The van der Waals surface area contributed by atoms with Crippen LogP contribution < -0.4 is 0 Å². The summed E-state index contributed by atoms with van der Waals surface area (Å²) in [5.41, 5.74) is 0. The third kappa shape index (κ3) is 3.64. The number of alkyl halides is 14. The van der Waals surface area contributed by atoms with Crippen LogP contribution in [-0.4, -0.2) is 60.8 Å². The van der Waals surface area contributed by atoms with E-state index in [0.717, 1.165) is 0 Å². The summed E-state index contributed by atoms with van der Waals surface area (Å²) in [6.45, 7) is -5.71. The molecule has 156 valence electrons. The fraction of sp³-hybridized carbons (Fsp3) is 1.00. The number of morpholine rings is 1. The second-order valence-corrected chi connectivity index (χ2v) is 4.77. The van der Waals surface area contributed by atoms with Crippen molar-refractivity contribution in [3.05, 3.63) is 0 Å². The maximum Gasteiger partial charge on any atom is 0.439 e. The van der Waals surface area contributed by atoms with E-state index in [-0.39, 0.29) is 0 Å². The van der Waals surface area contributed by atoms with Crippen molar-refractivity contribution in [2.45, 2.75) is 42.7 Å². The molecule has 3 nitrogen and oxygen atoms in total. The number of halogens is 14. The standard InChI is InChI=1S/C9H5F14NO2/c10-3(11)4(12,13)1-25-2-5(14,15)24-6(16,17)8(20,21)26-9(22,23)7(24,18)19/h3H,1-2H2. The quantitative estimate of drug-likeness (QED) is 0.471. The van der Waals surface area contributed by atoms with E-state index in [4.69, 9.17) is 0 Å². The predicted molar refractivity (Wildman–Crippen MR) is 49.4 cm³/mol. The van der Waals surface area contributed by atoms with Crippen molar-refractivity contribution in [3.8, 4) is 0 Å². The van der Waals surface area contributed by atoms with E-state index in [1.54, 1.807) is 0 Å². The van der Waals surface area contributed by atoms with Crippen LogP contribution in [0, 0.1) is 0 Å². The molecule has 1 rings (SSSR count). The molecular formula is C9H5F14NO2. The van der Waals surface area contributed by atoms with Gasteiger partial charge in [-0.25, -0.2) is 13.5 Å². The molecule has 0 radical (unpaired) electrons. The smallest absolute Gasteiger partial charge is 0.367 e. The molecule has 0 aliphatic carbocycles. The van der Waals surface area contributed by atoms with E-state index in [1.165, 1.54) is 0 Å². The molecule has 1 saturated heterocycles.